The summed E-state index contributed by atoms with van der Waals surface area (Å²) in [6.07, 6.45) is -13.4. The lowest BCUT2D eigenvalue weighted by molar-refractivity contribution is -0.294. The van der Waals surface area contributed by atoms with Gasteiger partial charge in [0.2, 0.25) is 0 Å². The van der Waals surface area contributed by atoms with E-state index in [9.17, 15) is 43.8 Å². The number of ether oxygens (including phenoxy) is 6. The number of fused-ring (bicyclic) bond motifs is 2. The zero-order valence-corrected chi connectivity index (χ0v) is 27.9. The Morgan fingerprint density at radius 2 is 1.69 bits per heavy atom. The zero-order valence-electron chi connectivity index (χ0n) is 26.1. The second-order valence-corrected chi connectivity index (χ2v) is 14.5. The molecule has 0 radical (unpaired) electrons. The molecule has 2 aromatic rings. The number of aliphatic hydroxyl groups is 3. The van der Waals surface area contributed by atoms with E-state index in [1.54, 1.807) is 13.8 Å². The minimum absolute atomic E-state index is 0.106. The molecule has 5 heterocycles. The van der Waals surface area contributed by atoms with E-state index in [-0.39, 0.29) is 11.3 Å². The SMILES string of the molecule is CC(=O)OC[C@@H](OC(C)=O)C1O[C@@H](OP(=O)(O)OP(=O)(O)OC[C@H]2O[C@@H](n3cnc4c(N)ncnc43)C3OC(C)(C)OC32)C(O)C(O)[C@@H]1O. The normalized spacial score (nSPS) is 34.1. The maximum absolute atomic E-state index is 12.8. The molecular formula is C24H35N5O18P2. The average Bonchev–Trinajstić information content (AvgIpc) is 3.65. The van der Waals surface area contributed by atoms with E-state index >= 15 is 0 Å². The van der Waals surface area contributed by atoms with Gasteiger partial charge in [-0.1, -0.05) is 0 Å². The molecule has 0 aliphatic carbocycles. The van der Waals surface area contributed by atoms with Crippen LogP contribution in [-0.4, -0.2) is 131 Å². The topological polar surface area (TPSA) is 322 Å². The second kappa shape index (κ2) is 14.1. The van der Waals surface area contributed by atoms with Crippen LogP contribution in [0.3, 0.4) is 0 Å². The van der Waals surface area contributed by atoms with E-state index in [1.807, 2.05) is 0 Å². The Hall–Kier alpha value is -2.73. The largest absolute Gasteiger partial charge is 0.483 e. The number of aliphatic hydroxyl groups excluding tert-OH is 3. The molecule has 3 aliphatic heterocycles. The van der Waals surface area contributed by atoms with Gasteiger partial charge in [-0.3, -0.25) is 23.2 Å². The molecule has 12 atom stereocenters. The van der Waals surface area contributed by atoms with Crippen molar-refractivity contribution in [2.75, 3.05) is 18.9 Å². The summed E-state index contributed by atoms with van der Waals surface area (Å²) >= 11 is 0. The number of carbonyl (C=O) groups is 2. The summed E-state index contributed by atoms with van der Waals surface area (Å²) in [7, 11) is -11.2. The summed E-state index contributed by atoms with van der Waals surface area (Å²) in [5.74, 6) is -2.77. The molecule has 25 heteroatoms. The highest BCUT2D eigenvalue weighted by Gasteiger charge is 2.57. The third kappa shape index (κ3) is 8.43. The van der Waals surface area contributed by atoms with E-state index in [4.69, 9.17) is 43.2 Å². The van der Waals surface area contributed by atoms with Crippen molar-refractivity contribution in [3.63, 3.8) is 0 Å². The smallest absolute Gasteiger partial charge is 0.462 e. The molecule has 23 nitrogen and oxygen atoms in total. The van der Waals surface area contributed by atoms with Crippen LogP contribution in [0.2, 0.25) is 0 Å². The van der Waals surface area contributed by atoms with Crippen LogP contribution < -0.4 is 5.73 Å². The molecule has 0 spiro atoms. The number of rotatable bonds is 12. The third-order valence-corrected chi connectivity index (χ3v) is 9.97. The predicted octanol–water partition coefficient (Wildman–Crippen LogP) is -1.62. The number of phosphoric ester groups is 2. The first-order valence-electron chi connectivity index (χ1n) is 14.4. The molecular weight excluding hydrogens is 708 g/mol. The first-order valence-corrected chi connectivity index (χ1v) is 17.4. The highest BCUT2D eigenvalue weighted by atomic mass is 31.3. The van der Waals surface area contributed by atoms with Crippen LogP contribution >= 0.6 is 15.6 Å². The molecule has 3 fully saturated rings. The lowest BCUT2D eigenvalue weighted by atomic mass is 9.95. The molecule has 5 rings (SSSR count). The molecule has 274 valence electrons. The van der Waals surface area contributed by atoms with Gasteiger partial charge in [-0.2, -0.15) is 4.31 Å². The maximum atomic E-state index is 12.8. The van der Waals surface area contributed by atoms with E-state index in [2.05, 4.69) is 19.3 Å². The van der Waals surface area contributed by atoms with Crippen LogP contribution in [0, 0.1) is 0 Å². The van der Waals surface area contributed by atoms with Gasteiger partial charge in [-0.25, -0.2) is 24.1 Å². The number of carbonyl (C=O) groups excluding carboxylic acids is 2. The molecule has 7 N–H and O–H groups in total. The Bertz CT molecular complexity index is 1640. The molecule has 0 amide bonds. The number of aromatic nitrogens is 4. The van der Waals surface area contributed by atoms with Crippen molar-refractivity contribution in [1.82, 2.24) is 19.5 Å². The van der Waals surface area contributed by atoms with Gasteiger partial charge in [-0.15, -0.1) is 0 Å². The highest BCUT2D eigenvalue weighted by molar-refractivity contribution is 7.61. The number of hydrogen-bond donors (Lipinski definition) is 6. The molecule has 0 aromatic carbocycles. The number of esters is 2. The van der Waals surface area contributed by atoms with Crippen LogP contribution in [-0.2, 0) is 60.5 Å². The molecule has 49 heavy (non-hydrogen) atoms. The lowest BCUT2D eigenvalue weighted by Crippen LogP contribution is -2.62. The van der Waals surface area contributed by atoms with Gasteiger partial charge < -0.3 is 59.3 Å². The summed E-state index contributed by atoms with van der Waals surface area (Å²) in [6, 6.07) is 0. The Morgan fingerprint density at radius 3 is 2.37 bits per heavy atom. The summed E-state index contributed by atoms with van der Waals surface area (Å²) < 4.78 is 74.2. The van der Waals surface area contributed by atoms with Gasteiger partial charge in [-0.05, 0) is 13.8 Å². The Balaban J connectivity index is 1.26. The first kappa shape index (κ1) is 37.5. The van der Waals surface area contributed by atoms with Gasteiger partial charge in [0, 0.05) is 13.8 Å². The average molecular weight is 744 g/mol. The highest BCUT2D eigenvalue weighted by Crippen LogP contribution is 2.61. The summed E-state index contributed by atoms with van der Waals surface area (Å²) in [5, 5.41) is 31.2. The molecule has 0 saturated carbocycles. The number of anilines is 1. The van der Waals surface area contributed by atoms with Crippen molar-refractivity contribution >= 4 is 44.6 Å². The minimum atomic E-state index is -5.71. The number of nitrogens with two attached hydrogens (primary N) is 1. The van der Waals surface area contributed by atoms with Crippen molar-refractivity contribution in [3.05, 3.63) is 12.7 Å². The molecule has 7 unspecified atom stereocenters. The zero-order chi connectivity index (χ0) is 36.1. The predicted molar refractivity (Wildman–Crippen MR) is 154 cm³/mol. The Labute approximate surface area is 276 Å². The summed E-state index contributed by atoms with van der Waals surface area (Å²) in [6.45, 7) is 3.79. The van der Waals surface area contributed by atoms with E-state index in [0.29, 0.717) is 5.65 Å². The van der Waals surface area contributed by atoms with Crippen LogP contribution in [0.4, 0.5) is 5.82 Å². The van der Waals surface area contributed by atoms with Gasteiger partial charge in [0.05, 0.1) is 12.9 Å². The number of imidazole rings is 1. The molecule has 3 saturated heterocycles. The fourth-order valence-corrected chi connectivity index (χ4v) is 7.58. The van der Waals surface area contributed by atoms with E-state index in [1.165, 1.54) is 17.2 Å². The van der Waals surface area contributed by atoms with Crippen molar-refractivity contribution in [2.45, 2.75) is 94.8 Å². The minimum Gasteiger partial charge on any atom is -0.462 e. The number of nitrogens with zero attached hydrogens (tertiary/aromatic N) is 4. The van der Waals surface area contributed by atoms with E-state index in [0.717, 1.165) is 13.8 Å². The third-order valence-electron chi connectivity index (χ3n) is 7.37. The standard InChI is InChI=1S/C24H35N5O18P2/c1-9(30)39-5-11(41-10(2)31)17-15(33)14(32)16(34)23(43-17)46-49(37,38)47-48(35,36)40-6-12-18-19(45-24(3,4)44-18)22(42-12)29-8-28-13-20(25)26-7-27-21(13)29/h7-8,11-12,14-19,22-23,32-34H,5-6H2,1-4H3,(H,35,36)(H,37,38)(H2,25,26,27)/t11-,12-,14?,15+,16?,17?,18?,19?,22-,23+/m1/s1. The van der Waals surface area contributed by atoms with Gasteiger partial charge in [0.15, 0.2) is 35.9 Å². The maximum Gasteiger partial charge on any atom is 0.483 e. The van der Waals surface area contributed by atoms with Gasteiger partial charge in [0.25, 0.3) is 0 Å². The van der Waals surface area contributed by atoms with Crippen molar-refractivity contribution in [1.29, 1.82) is 0 Å². The van der Waals surface area contributed by atoms with Crippen LogP contribution in [0.1, 0.15) is 33.9 Å². The van der Waals surface area contributed by atoms with E-state index < -0.39 is 108 Å². The lowest BCUT2D eigenvalue weighted by Gasteiger charge is -2.42. The van der Waals surface area contributed by atoms with Crippen molar-refractivity contribution in [2.24, 2.45) is 0 Å². The van der Waals surface area contributed by atoms with Gasteiger partial charge in [0.1, 0.15) is 61.2 Å². The van der Waals surface area contributed by atoms with Crippen molar-refractivity contribution < 1.29 is 85.6 Å². The van der Waals surface area contributed by atoms with Crippen molar-refractivity contribution in [3.8, 4) is 0 Å². The number of nitrogen functional groups attached to an aromatic ring is 1. The Kier molecular flexibility index (Phi) is 10.8. The Morgan fingerprint density at radius 1 is 1.00 bits per heavy atom. The van der Waals surface area contributed by atoms with Gasteiger partial charge >= 0.3 is 27.6 Å². The molecule has 3 aliphatic rings. The summed E-state index contributed by atoms with van der Waals surface area (Å²) in [5.41, 5.74) is 6.45. The molecule has 2 aromatic heterocycles. The number of phosphoric acid groups is 2. The number of hydrogen-bond acceptors (Lipinski definition) is 20. The first-order chi connectivity index (χ1) is 22.8. The molecule has 0 bridgehead atoms. The second-order valence-electron chi connectivity index (χ2n) is 11.5. The van der Waals surface area contributed by atoms with Crippen LogP contribution in [0.15, 0.2) is 12.7 Å². The fraction of sp³-hybridized carbons (Fsp3) is 0.708. The van der Waals surface area contributed by atoms with Crippen LogP contribution in [0.25, 0.3) is 11.2 Å². The monoisotopic (exact) mass is 743 g/mol. The fourth-order valence-electron chi connectivity index (χ4n) is 5.42. The summed E-state index contributed by atoms with van der Waals surface area (Å²) in [4.78, 5) is 55.8. The van der Waals surface area contributed by atoms with Crippen LogP contribution in [0.5, 0.6) is 0 Å². The quantitative estimate of drug-likeness (QED) is 0.105.